The minimum Gasteiger partial charge on any atom is -0.497 e. The lowest BCUT2D eigenvalue weighted by atomic mass is 10.2. The molecule has 0 radical (unpaired) electrons. The largest absolute Gasteiger partial charge is 0.497 e. The number of ether oxygens (including phenoxy) is 1. The van der Waals surface area contributed by atoms with Crippen LogP contribution in [0.4, 0.5) is 0 Å². The number of hydrogen-bond acceptors (Lipinski definition) is 7. The van der Waals surface area contributed by atoms with Crippen molar-refractivity contribution >= 4 is 39.5 Å². The normalized spacial score (nSPS) is 17.5. The van der Waals surface area contributed by atoms with Gasteiger partial charge in [-0.1, -0.05) is 6.08 Å². The molecule has 10 heteroatoms. The number of thioether (sulfide) groups is 2. The minimum atomic E-state index is -4.02. The number of rotatable bonds is 8. The van der Waals surface area contributed by atoms with Crippen LogP contribution in [0, 0.1) is 0 Å². The van der Waals surface area contributed by atoms with Crippen molar-refractivity contribution in [2.75, 3.05) is 32.2 Å². The number of hydrogen-bond donors (Lipinski definition) is 1. The topological polar surface area (TPSA) is 87.2 Å². The molecule has 0 bridgehead atoms. The van der Waals surface area contributed by atoms with Crippen LogP contribution in [0.25, 0.3) is 0 Å². The quantitative estimate of drug-likeness (QED) is 0.383. The third kappa shape index (κ3) is 5.00. The first-order chi connectivity index (χ1) is 12.6. The average Bonchev–Trinajstić information content (AvgIpc) is 3.07. The molecule has 150 valence electrons. The maximum absolute atomic E-state index is 13.4. The van der Waals surface area contributed by atoms with Gasteiger partial charge < -0.3 is 4.74 Å². The van der Waals surface area contributed by atoms with Crippen molar-refractivity contribution in [1.29, 1.82) is 0 Å². The zero-order valence-electron chi connectivity index (χ0n) is 15.5. The molecule has 0 aliphatic carbocycles. The van der Waals surface area contributed by atoms with E-state index in [-0.39, 0.29) is 11.4 Å². The molecule has 1 fully saturated rings. The molecule has 1 aliphatic rings. The minimum absolute atomic E-state index is 0.0418. The number of carbonyl (C=O) groups excluding carboxylic acids is 1. The van der Waals surface area contributed by atoms with Crippen molar-refractivity contribution in [3.8, 4) is 5.75 Å². The lowest BCUT2D eigenvalue weighted by molar-refractivity contribution is -0.162. The smallest absolute Gasteiger partial charge is 0.267 e. The van der Waals surface area contributed by atoms with Crippen molar-refractivity contribution < 1.29 is 23.2 Å². The van der Waals surface area contributed by atoms with E-state index in [2.05, 4.69) is 6.58 Å². The molecule has 1 aromatic carbocycles. The number of methoxy groups -OCH3 is 1. The Bertz CT molecular complexity index is 774. The molecule has 0 unspecified atom stereocenters. The van der Waals surface area contributed by atoms with E-state index in [1.807, 2.05) is 6.92 Å². The molecule has 1 atom stereocenters. The Labute approximate surface area is 168 Å². The lowest BCUT2D eigenvalue weighted by Crippen LogP contribution is -2.51. The van der Waals surface area contributed by atoms with Gasteiger partial charge in [-0.15, -0.1) is 30.1 Å². The average molecular weight is 433 g/mol. The van der Waals surface area contributed by atoms with Crippen molar-refractivity contribution in [3.63, 3.8) is 0 Å². The Kier molecular flexibility index (Phi) is 7.26. The highest BCUT2D eigenvalue weighted by atomic mass is 32.2. The fourth-order valence-electron chi connectivity index (χ4n) is 2.68. The summed E-state index contributed by atoms with van der Waals surface area (Å²) < 4.78 is 32.5. The molecule has 0 saturated carbocycles. The molecular formula is C17H24N2O5S3. The highest BCUT2D eigenvalue weighted by molar-refractivity contribution is 8.21. The van der Waals surface area contributed by atoms with E-state index in [1.54, 1.807) is 35.7 Å². The standard InChI is InChI=1S/C17H24N2O5S3/c1-5-15(16(20)18(3)21)19(12-17(2)25-10-11-26-17)27(22,23)14-8-6-13(24-4)7-9-14/h5-9,15,21H,1,10-12H2,2-4H3/t15-/m1/s1. The van der Waals surface area contributed by atoms with Crippen LogP contribution in [0.15, 0.2) is 41.8 Å². The molecule has 2 rings (SSSR count). The van der Waals surface area contributed by atoms with Gasteiger partial charge >= 0.3 is 0 Å². The molecule has 0 spiro atoms. The maximum Gasteiger partial charge on any atom is 0.267 e. The number of hydroxylamine groups is 2. The van der Waals surface area contributed by atoms with Gasteiger partial charge in [0.1, 0.15) is 11.8 Å². The molecule has 1 heterocycles. The first-order valence-electron chi connectivity index (χ1n) is 8.17. The molecule has 1 saturated heterocycles. The third-order valence-electron chi connectivity index (χ3n) is 4.11. The monoisotopic (exact) mass is 432 g/mol. The molecule has 1 N–H and O–H groups in total. The third-order valence-corrected chi connectivity index (χ3v) is 9.22. The molecule has 7 nitrogen and oxygen atoms in total. The molecule has 1 aliphatic heterocycles. The highest BCUT2D eigenvalue weighted by Gasteiger charge is 2.42. The fraction of sp³-hybridized carbons (Fsp3) is 0.471. The van der Waals surface area contributed by atoms with Gasteiger partial charge in [0.2, 0.25) is 10.0 Å². The number of nitrogens with zero attached hydrogens (tertiary/aromatic N) is 2. The zero-order chi connectivity index (χ0) is 20.2. The van der Waals surface area contributed by atoms with Gasteiger partial charge in [0, 0.05) is 25.1 Å². The van der Waals surface area contributed by atoms with Gasteiger partial charge in [-0.3, -0.25) is 10.0 Å². The van der Waals surface area contributed by atoms with Crippen molar-refractivity contribution in [1.82, 2.24) is 9.37 Å². The number of likely N-dealkylation sites (N-methyl/N-ethyl adjacent to an activating group) is 1. The van der Waals surface area contributed by atoms with Gasteiger partial charge in [0.05, 0.1) is 16.1 Å². The molecule has 1 amide bonds. The van der Waals surface area contributed by atoms with Gasteiger partial charge in [-0.2, -0.15) is 4.31 Å². The second kappa shape index (κ2) is 8.87. The second-order valence-electron chi connectivity index (χ2n) is 6.10. The van der Waals surface area contributed by atoms with E-state index in [0.29, 0.717) is 10.8 Å². The number of benzene rings is 1. The van der Waals surface area contributed by atoms with Crippen LogP contribution in [0.5, 0.6) is 5.75 Å². The van der Waals surface area contributed by atoms with E-state index >= 15 is 0 Å². The van der Waals surface area contributed by atoms with Gasteiger partial charge in [0.25, 0.3) is 5.91 Å². The van der Waals surface area contributed by atoms with Gasteiger partial charge in [0.15, 0.2) is 0 Å². The highest BCUT2D eigenvalue weighted by Crippen LogP contribution is 2.45. The number of amides is 1. The van der Waals surface area contributed by atoms with E-state index < -0.39 is 26.1 Å². The first kappa shape index (κ1) is 22.1. The van der Waals surface area contributed by atoms with Crippen LogP contribution in [-0.2, 0) is 14.8 Å². The van der Waals surface area contributed by atoms with E-state index in [9.17, 15) is 18.4 Å². The summed E-state index contributed by atoms with van der Waals surface area (Å²) >= 11 is 3.31. The van der Waals surface area contributed by atoms with Crippen LogP contribution in [0.3, 0.4) is 0 Å². The Morgan fingerprint density at radius 3 is 2.37 bits per heavy atom. The second-order valence-corrected chi connectivity index (χ2v) is 11.4. The predicted octanol–water partition coefficient (Wildman–Crippen LogP) is 2.28. The first-order valence-corrected chi connectivity index (χ1v) is 11.6. The lowest BCUT2D eigenvalue weighted by Gasteiger charge is -2.34. The van der Waals surface area contributed by atoms with Crippen LogP contribution < -0.4 is 4.74 Å². The Morgan fingerprint density at radius 1 is 1.37 bits per heavy atom. The summed E-state index contributed by atoms with van der Waals surface area (Å²) in [7, 11) is -1.36. The summed E-state index contributed by atoms with van der Waals surface area (Å²) in [6, 6.07) is 4.76. The Morgan fingerprint density at radius 2 is 1.93 bits per heavy atom. The Hall–Kier alpha value is -1.20. The van der Waals surface area contributed by atoms with Crippen LogP contribution in [0.2, 0.25) is 0 Å². The van der Waals surface area contributed by atoms with E-state index in [1.165, 1.54) is 25.3 Å². The SMILES string of the molecule is C=C[C@H](C(=O)N(C)O)N(CC1(C)SCCS1)S(=O)(=O)c1ccc(OC)cc1. The van der Waals surface area contributed by atoms with Crippen LogP contribution >= 0.6 is 23.5 Å². The summed E-state index contributed by atoms with van der Waals surface area (Å²) in [6.45, 7) is 5.68. The summed E-state index contributed by atoms with van der Waals surface area (Å²) in [6.07, 6.45) is 1.24. The van der Waals surface area contributed by atoms with Crippen molar-refractivity contribution in [3.05, 3.63) is 36.9 Å². The summed E-state index contributed by atoms with van der Waals surface area (Å²) in [5.41, 5.74) is 0. The summed E-state index contributed by atoms with van der Waals surface area (Å²) in [5, 5.41) is 9.98. The van der Waals surface area contributed by atoms with Crippen molar-refractivity contribution in [2.45, 2.75) is 21.9 Å². The zero-order valence-corrected chi connectivity index (χ0v) is 17.9. The van der Waals surface area contributed by atoms with Crippen molar-refractivity contribution in [2.24, 2.45) is 0 Å². The van der Waals surface area contributed by atoms with Gasteiger partial charge in [-0.25, -0.2) is 13.5 Å². The van der Waals surface area contributed by atoms with Crippen LogP contribution in [-0.4, -0.2) is 71.2 Å². The van der Waals surface area contributed by atoms with Crippen LogP contribution in [0.1, 0.15) is 6.92 Å². The van der Waals surface area contributed by atoms with Gasteiger partial charge in [-0.05, 0) is 31.2 Å². The summed E-state index contributed by atoms with van der Waals surface area (Å²) in [5.74, 6) is 1.58. The van der Waals surface area contributed by atoms with E-state index in [4.69, 9.17) is 4.74 Å². The summed E-state index contributed by atoms with van der Waals surface area (Å²) in [4.78, 5) is 12.5. The molecule has 27 heavy (non-hydrogen) atoms. The predicted molar refractivity (Wildman–Crippen MR) is 109 cm³/mol. The number of sulfonamides is 1. The Balaban J connectivity index is 2.48. The molecule has 1 aromatic rings. The fourth-order valence-corrected chi connectivity index (χ4v) is 7.32. The number of carbonyl (C=O) groups is 1. The molecular weight excluding hydrogens is 408 g/mol. The maximum atomic E-state index is 13.4. The van der Waals surface area contributed by atoms with E-state index in [0.717, 1.165) is 22.9 Å². The molecule has 0 aromatic heterocycles.